The molecule has 0 amide bonds. The van der Waals surface area contributed by atoms with Gasteiger partial charge in [-0.05, 0) is 17.7 Å². The van der Waals surface area contributed by atoms with Crippen LogP contribution in [0.5, 0.6) is 0 Å². The van der Waals surface area contributed by atoms with Gasteiger partial charge in [0.25, 0.3) is 5.69 Å². The summed E-state index contributed by atoms with van der Waals surface area (Å²) in [5, 5.41) is 19.9. The number of rotatable bonds is 4. The first-order valence-corrected chi connectivity index (χ1v) is 8.27. The molecule has 0 bridgehead atoms. The minimum Gasteiger partial charge on any atom is -0.368 e. The van der Waals surface area contributed by atoms with Crippen molar-refractivity contribution in [3.63, 3.8) is 0 Å². The standard InChI is InChI=1S/C19H13N7O2/c20-9-13-2-1-3-14(8-13)16-17-18(24-19(21)23-16)25(11-22-17)10-12-4-6-15(7-5-12)26(27)28/h1-8,11H,10H2,(H2,21,23,24). The second-order valence-corrected chi connectivity index (χ2v) is 6.09. The van der Waals surface area contributed by atoms with Gasteiger partial charge in [0, 0.05) is 17.7 Å². The molecular formula is C19H13N7O2. The van der Waals surface area contributed by atoms with Crippen LogP contribution < -0.4 is 5.73 Å². The lowest BCUT2D eigenvalue weighted by molar-refractivity contribution is -0.384. The van der Waals surface area contributed by atoms with Crippen molar-refractivity contribution in [2.24, 2.45) is 0 Å². The highest BCUT2D eigenvalue weighted by molar-refractivity contribution is 5.88. The first-order chi connectivity index (χ1) is 13.5. The number of nitrogen functional groups attached to an aromatic ring is 1. The first kappa shape index (κ1) is 17.1. The molecule has 2 N–H and O–H groups in total. The number of nitrogens with zero attached hydrogens (tertiary/aromatic N) is 6. The van der Waals surface area contributed by atoms with Crippen LogP contribution in [0.4, 0.5) is 11.6 Å². The first-order valence-electron chi connectivity index (χ1n) is 8.27. The largest absolute Gasteiger partial charge is 0.368 e. The van der Waals surface area contributed by atoms with Crippen molar-refractivity contribution in [2.45, 2.75) is 6.54 Å². The Morgan fingerprint density at radius 1 is 1.18 bits per heavy atom. The van der Waals surface area contributed by atoms with E-state index < -0.39 is 4.92 Å². The minimum atomic E-state index is -0.439. The van der Waals surface area contributed by atoms with Gasteiger partial charge in [-0.2, -0.15) is 10.2 Å². The van der Waals surface area contributed by atoms with Crippen molar-refractivity contribution in [2.75, 3.05) is 5.73 Å². The third-order valence-electron chi connectivity index (χ3n) is 4.25. The molecule has 0 saturated heterocycles. The van der Waals surface area contributed by atoms with E-state index in [0.29, 0.717) is 29.0 Å². The summed E-state index contributed by atoms with van der Waals surface area (Å²) in [6, 6.07) is 15.4. The Hall–Kier alpha value is -4.32. The summed E-state index contributed by atoms with van der Waals surface area (Å²) < 4.78 is 1.80. The topological polar surface area (TPSA) is 137 Å². The molecule has 0 atom stereocenters. The highest BCUT2D eigenvalue weighted by Crippen LogP contribution is 2.27. The Bertz CT molecular complexity index is 1240. The maximum Gasteiger partial charge on any atom is 0.269 e. The van der Waals surface area contributed by atoms with Gasteiger partial charge in [-0.15, -0.1) is 0 Å². The molecule has 2 aromatic heterocycles. The van der Waals surface area contributed by atoms with Gasteiger partial charge < -0.3 is 10.3 Å². The van der Waals surface area contributed by atoms with E-state index >= 15 is 0 Å². The van der Waals surface area contributed by atoms with Crippen LogP contribution in [0.1, 0.15) is 11.1 Å². The summed E-state index contributed by atoms with van der Waals surface area (Å²) in [6.07, 6.45) is 1.62. The summed E-state index contributed by atoms with van der Waals surface area (Å²) in [5.41, 5.74) is 9.67. The lowest BCUT2D eigenvalue weighted by atomic mass is 10.1. The Morgan fingerprint density at radius 2 is 1.96 bits per heavy atom. The molecule has 4 rings (SSSR count). The molecule has 0 aliphatic rings. The normalized spacial score (nSPS) is 10.7. The van der Waals surface area contributed by atoms with Crippen LogP contribution in [0, 0.1) is 21.4 Å². The molecule has 136 valence electrons. The van der Waals surface area contributed by atoms with E-state index in [2.05, 4.69) is 21.0 Å². The fourth-order valence-electron chi connectivity index (χ4n) is 2.93. The molecular weight excluding hydrogens is 358 g/mol. The Morgan fingerprint density at radius 3 is 2.68 bits per heavy atom. The average Bonchev–Trinajstić information content (AvgIpc) is 3.10. The molecule has 0 radical (unpaired) electrons. The Balaban J connectivity index is 1.77. The second-order valence-electron chi connectivity index (χ2n) is 6.09. The zero-order chi connectivity index (χ0) is 19.7. The average molecular weight is 371 g/mol. The monoisotopic (exact) mass is 371 g/mol. The van der Waals surface area contributed by atoms with Gasteiger partial charge in [0.2, 0.25) is 5.95 Å². The number of aromatic nitrogens is 4. The summed E-state index contributed by atoms with van der Waals surface area (Å²) in [7, 11) is 0. The fraction of sp³-hybridized carbons (Fsp3) is 0.0526. The predicted molar refractivity (Wildman–Crippen MR) is 102 cm³/mol. The van der Waals surface area contributed by atoms with Gasteiger partial charge in [0.1, 0.15) is 11.2 Å². The second kappa shape index (κ2) is 6.77. The number of anilines is 1. The third-order valence-corrected chi connectivity index (χ3v) is 4.25. The maximum atomic E-state index is 10.8. The number of fused-ring (bicyclic) bond motifs is 1. The zero-order valence-corrected chi connectivity index (χ0v) is 14.5. The highest BCUT2D eigenvalue weighted by atomic mass is 16.6. The lowest BCUT2D eigenvalue weighted by Gasteiger charge is -2.07. The minimum absolute atomic E-state index is 0.0328. The van der Waals surface area contributed by atoms with Crippen molar-refractivity contribution < 1.29 is 4.92 Å². The quantitative estimate of drug-likeness (QED) is 0.430. The lowest BCUT2D eigenvalue weighted by Crippen LogP contribution is -2.03. The van der Waals surface area contributed by atoms with E-state index in [1.807, 2.05) is 6.07 Å². The maximum absolute atomic E-state index is 10.8. The van der Waals surface area contributed by atoms with E-state index in [1.165, 1.54) is 12.1 Å². The number of nitro benzene ring substituents is 1. The molecule has 2 aromatic carbocycles. The van der Waals surface area contributed by atoms with Crippen LogP contribution >= 0.6 is 0 Å². The van der Waals surface area contributed by atoms with Gasteiger partial charge >= 0.3 is 0 Å². The van der Waals surface area contributed by atoms with Crippen LogP contribution in [-0.4, -0.2) is 24.4 Å². The van der Waals surface area contributed by atoms with Crippen molar-refractivity contribution >= 4 is 22.8 Å². The van der Waals surface area contributed by atoms with Gasteiger partial charge in [0.15, 0.2) is 5.65 Å². The summed E-state index contributed by atoms with van der Waals surface area (Å²) in [6.45, 7) is 0.419. The molecule has 0 saturated carbocycles. The van der Waals surface area contributed by atoms with Gasteiger partial charge in [0.05, 0.1) is 29.4 Å². The molecule has 0 fully saturated rings. The SMILES string of the molecule is N#Cc1cccc(-c2nc(N)nc3c2ncn3Cc2ccc([N+](=O)[O-])cc2)c1. The Labute approximate surface area is 158 Å². The van der Waals surface area contributed by atoms with Crippen LogP contribution in [-0.2, 0) is 6.54 Å². The summed E-state index contributed by atoms with van der Waals surface area (Å²) >= 11 is 0. The molecule has 0 spiro atoms. The molecule has 4 aromatic rings. The van der Waals surface area contributed by atoms with Gasteiger partial charge in [-0.25, -0.2) is 9.97 Å². The van der Waals surface area contributed by atoms with Gasteiger partial charge in [-0.3, -0.25) is 10.1 Å². The molecule has 2 heterocycles. The van der Waals surface area contributed by atoms with E-state index in [-0.39, 0.29) is 11.6 Å². The molecule has 9 heteroatoms. The number of hydrogen-bond acceptors (Lipinski definition) is 7. The van der Waals surface area contributed by atoms with Crippen molar-refractivity contribution in [1.82, 2.24) is 19.5 Å². The molecule has 0 unspecified atom stereocenters. The molecule has 0 aliphatic carbocycles. The van der Waals surface area contributed by atoms with Crippen LogP contribution in [0.25, 0.3) is 22.4 Å². The van der Waals surface area contributed by atoms with E-state index in [0.717, 1.165) is 11.1 Å². The predicted octanol–water partition coefficient (Wildman–Crippen LogP) is 2.90. The number of hydrogen-bond donors (Lipinski definition) is 1. The number of nitro groups is 1. The van der Waals surface area contributed by atoms with Crippen LogP contribution in [0.2, 0.25) is 0 Å². The van der Waals surface area contributed by atoms with E-state index in [4.69, 9.17) is 11.0 Å². The number of imidazole rings is 1. The van der Waals surface area contributed by atoms with Gasteiger partial charge in [-0.1, -0.05) is 24.3 Å². The fourth-order valence-corrected chi connectivity index (χ4v) is 2.93. The van der Waals surface area contributed by atoms with Crippen molar-refractivity contribution in [3.8, 4) is 17.3 Å². The van der Waals surface area contributed by atoms with Crippen molar-refractivity contribution in [3.05, 3.63) is 76.1 Å². The van der Waals surface area contributed by atoms with Crippen molar-refractivity contribution in [1.29, 1.82) is 5.26 Å². The summed E-state index contributed by atoms with van der Waals surface area (Å²) in [5.74, 6) is 0.0929. The highest BCUT2D eigenvalue weighted by Gasteiger charge is 2.15. The summed E-state index contributed by atoms with van der Waals surface area (Å²) in [4.78, 5) is 23.4. The molecule has 0 aliphatic heterocycles. The number of nitrogens with two attached hydrogens (primary N) is 1. The smallest absolute Gasteiger partial charge is 0.269 e. The zero-order valence-electron chi connectivity index (χ0n) is 14.5. The van der Waals surface area contributed by atoms with Crippen LogP contribution in [0.15, 0.2) is 54.9 Å². The third kappa shape index (κ3) is 3.10. The number of benzene rings is 2. The number of nitriles is 1. The molecule has 9 nitrogen and oxygen atoms in total. The van der Waals surface area contributed by atoms with E-state index in [1.54, 1.807) is 41.2 Å². The Kier molecular flexibility index (Phi) is 4.14. The molecule has 28 heavy (non-hydrogen) atoms. The number of non-ortho nitro benzene ring substituents is 1. The van der Waals surface area contributed by atoms with Crippen LogP contribution in [0.3, 0.4) is 0 Å². The van der Waals surface area contributed by atoms with E-state index in [9.17, 15) is 10.1 Å².